The zero-order valence-corrected chi connectivity index (χ0v) is 15.4. The lowest BCUT2D eigenvalue weighted by molar-refractivity contribution is 0.649. The number of fused-ring (bicyclic) bond motifs is 1. The summed E-state index contributed by atoms with van der Waals surface area (Å²) in [6.45, 7) is 8.11. The molecule has 0 atom stereocenters. The van der Waals surface area contributed by atoms with Crippen molar-refractivity contribution in [2.75, 3.05) is 36.0 Å². The average molecular weight is 359 g/mol. The Hall–Kier alpha value is -1.85. The van der Waals surface area contributed by atoms with Crippen LogP contribution in [0, 0.1) is 13.8 Å². The van der Waals surface area contributed by atoms with E-state index in [1.807, 2.05) is 0 Å². The second-order valence-electron chi connectivity index (χ2n) is 6.09. The molecule has 0 N–H and O–H groups in total. The third kappa shape index (κ3) is 2.72. The fourth-order valence-corrected chi connectivity index (χ4v) is 4.49. The Morgan fingerprint density at radius 2 is 1.62 bits per heavy atom. The van der Waals surface area contributed by atoms with Gasteiger partial charge in [-0.15, -0.1) is 11.3 Å². The minimum atomic E-state index is 0.337. The molecule has 1 aliphatic heterocycles. The molecular formula is C18H19ClN4S. The number of hydrogen-bond donors (Lipinski definition) is 0. The van der Waals surface area contributed by atoms with E-state index in [-0.39, 0.29) is 0 Å². The standard InChI is InChI=1S/C18H19ClN4S/c1-12-13(2)24-17-15(12)16(20-18(19)21-17)23-10-8-22(9-11-23)14-6-4-3-5-7-14/h3-7H,8-11H2,1-2H3. The predicted octanol–water partition coefficient (Wildman–Crippen LogP) is 4.29. The lowest BCUT2D eigenvalue weighted by atomic mass is 10.2. The first-order valence-electron chi connectivity index (χ1n) is 8.11. The second kappa shape index (κ2) is 6.22. The van der Waals surface area contributed by atoms with Crippen molar-refractivity contribution < 1.29 is 0 Å². The average Bonchev–Trinajstić information content (AvgIpc) is 2.89. The number of hydrogen-bond acceptors (Lipinski definition) is 5. The van der Waals surface area contributed by atoms with E-state index < -0.39 is 0 Å². The fourth-order valence-electron chi connectivity index (χ4n) is 3.25. The molecule has 3 aromatic rings. The summed E-state index contributed by atoms with van der Waals surface area (Å²) in [7, 11) is 0. The Balaban J connectivity index is 1.63. The van der Waals surface area contributed by atoms with Gasteiger partial charge < -0.3 is 9.80 Å². The molecule has 4 rings (SSSR count). The lowest BCUT2D eigenvalue weighted by Crippen LogP contribution is -2.47. The summed E-state index contributed by atoms with van der Waals surface area (Å²) < 4.78 is 0. The molecule has 0 radical (unpaired) electrons. The van der Waals surface area contributed by atoms with Gasteiger partial charge in [-0.05, 0) is 43.1 Å². The third-order valence-corrected chi connectivity index (χ3v) is 5.95. The second-order valence-corrected chi connectivity index (χ2v) is 7.63. The van der Waals surface area contributed by atoms with Crippen molar-refractivity contribution in [2.24, 2.45) is 0 Å². The summed E-state index contributed by atoms with van der Waals surface area (Å²) in [5.41, 5.74) is 2.55. The van der Waals surface area contributed by atoms with Gasteiger partial charge in [-0.3, -0.25) is 0 Å². The Labute approximate surface area is 150 Å². The summed E-state index contributed by atoms with van der Waals surface area (Å²) in [6.07, 6.45) is 0. The van der Waals surface area contributed by atoms with E-state index in [0.717, 1.165) is 42.2 Å². The smallest absolute Gasteiger partial charge is 0.225 e. The van der Waals surface area contributed by atoms with Crippen LogP contribution in [0.25, 0.3) is 10.2 Å². The number of para-hydroxylation sites is 1. The number of nitrogens with zero attached hydrogens (tertiary/aromatic N) is 4. The van der Waals surface area contributed by atoms with E-state index in [0.29, 0.717) is 5.28 Å². The molecule has 0 saturated carbocycles. The van der Waals surface area contributed by atoms with Crippen LogP contribution in [0.5, 0.6) is 0 Å². The maximum absolute atomic E-state index is 6.18. The molecule has 1 saturated heterocycles. The van der Waals surface area contributed by atoms with E-state index in [1.54, 1.807) is 11.3 Å². The highest BCUT2D eigenvalue weighted by Crippen LogP contribution is 2.36. The van der Waals surface area contributed by atoms with Crippen molar-refractivity contribution in [1.82, 2.24) is 9.97 Å². The number of aryl methyl sites for hydroxylation is 2. The van der Waals surface area contributed by atoms with Gasteiger partial charge in [0.1, 0.15) is 10.6 Å². The molecule has 24 heavy (non-hydrogen) atoms. The maximum Gasteiger partial charge on any atom is 0.225 e. The van der Waals surface area contributed by atoms with Crippen LogP contribution >= 0.6 is 22.9 Å². The van der Waals surface area contributed by atoms with Crippen molar-refractivity contribution in [1.29, 1.82) is 0 Å². The minimum Gasteiger partial charge on any atom is -0.368 e. The summed E-state index contributed by atoms with van der Waals surface area (Å²) in [6, 6.07) is 10.6. The molecule has 0 bridgehead atoms. The highest BCUT2D eigenvalue weighted by atomic mass is 35.5. The Kier molecular flexibility index (Phi) is 4.06. The van der Waals surface area contributed by atoms with Gasteiger partial charge >= 0.3 is 0 Å². The zero-order valence-electron chi connectivity index (χ0n) is 13.8. The van der Waals surface area contributed by atoms with Gasteiger partial charge in [0.25, 0.3) is 0 Å². The van der Waals surface area contributed by atoms with E-state index >= 15 is 0 Å². The molecule has 0 unspecified atom stereocenters. The molecule has 124 valence electrons. The number of halogens is 1. The number of anilines is 2. The Morgan fingerprint density at radius 3 is 2.33 bits per heavy atom. The van der Waals surface area contributed by atoms with Crippen LogP contribution in [0.3, 0.4) is 0 Å². The van der Waals surface area contributed by atoms with Crippen molar-refractivity contribution in [3.8, 4) is 0 Å². The molecule has 0 aliphatic carbocycles. The monoisotopic (exact) mass is 358 g/mol. The first-order chi connectivity index (χ1) is 11.6. The van der Waals surface area contributed by atoms with E-state index in [1.165, 1.54) is 16.1 Å². The van der Waals surface area contributed by atoms with Crippen molar-refractivity contribution in [3.05, 3.63) is 46.1 Å². The molecule has 1 aliphatic rings. The number of aromatic nitrogens is 2. The van der Waals surface area contributed by atoms with Gasteiger partial charge in [-0.25, -0.2) is 4.98 Å². The highest BCUT2D eigenvalue weighted by Gasteiger charge is 2.23. The van der Waals surface area contributed by atoms with Crippen LogP contribution < -0.4 is 9.80 Å². The van der Waals surface area contributed by atoms with Gasteiger partial charge in [0.2, 0.25) is 5.28 Å². The first-order valence-corrected chi connectivity index (χ1v) is 9.31. The topological polar surface area (TPSA) is 32.3 Å². The largest absolute Gasteiger partial charge is 0.368 e. The molecule has 1 fully saturated rings. The molecule has 4 nitrogen and oxygen atoms in total. The summed E-state index contributed by atoms with van der Waals surface area (Å²) >= 11 is 7.87. The van der Waals surface area contributed by atoms with Gasteiger partial charge in [0.05, 0.1) is 5.39 Å². The first kappa shape index (κ1) is 15.7. The lowest BCUT2D eigenvalue weighted by Gasteiger charge is -2.37. The number of benzene rings is 1. The molecular weight excluding hydrogens is 340 g/mol. The molecule has 0 amide bonds. The van der Waals surface area contributed by atoms with Gasteiger partial charge in [0, 0.05) is 36.7 Å². The quantitative estimate of drug-likeness (QED) is 0.640. The van der Waals surface area contributed by atoms with Crippen LogP contribution in [-0.4, -0.2) is 36.1 Å². The summed E-state index contributed by atoms with van der Waals surface area (Å²) in [5.74, 6) is 0.986. The van der Waals surface area contributed by atoms with Gasteiger partial charge in [-0.2, -0.15) is 4.98 Å². The Bertz CT molecular complexity index is 870. The van der Waals surface area contributed by atoms with E-state index in [4.69, 9.17) is 11.6 Å². The van der Waals surface area contributed by atoms with Gasteiger partial charge in [-0.1, -0.05) is 18.2 Å². The fraction of sp³-hybridized carbons (Fsp3) is 0.333. The molecule has 0 spiro atoms. The van der Waals surface area contributed by atoms with Crippen LogP contribution in [0.2, 0.25) is 5.28 Å². The molecule has 6 heteroatoms. The maximum atomic E-state index is 6.18. The van der Waals surface area contributed by atoms with Crippen molar-refractivity contribution in [2.45, 2.75) is 13.8 Å². The van der Waals surface area contributed by atoms with Crippen LogP contribution in [-0.2, 0) is 0 Å². The number of rotatable bonds is 2. The number of piperazine rings is 1. The minimum absolute atomic E-state index is 0.337. The van der Waals surface area contributed by atoms with Gasteiger partial charge in [0.15, 0.2) is 0 Å². The normalized spacial score (nSPS) is 15.3. The van der Waals surface area contributed by atoms with Crippen molar-refractivity contribution in [3.63, 3.8) is 0 Å². The van der Waals surface area contributed by atoms with E-state index in [2.05, 4.69) is 63.9 Å². The third-order valence-electron chi connectivity index (χ3n) is 4.68. The molecule has 2 aromatic heterocycles. The highest BCUT2D eigenvalue weighted by molar-refractivity contribution is 7.18. The van der Waals surface area contributed by atoms with E-state index in [9.17, 15) is 0 Å². The SMILES string of the molecule is Cc1sc2nc(Cl)nc(N3CCN(c4ccccc4)CC3)c2c1C. The Morgan fingerprint density at radius 1 is 0.958 bits per heavy atom. The summed E-state index contributed by atoms with van der Waals surface area (Å²) in [5, 5.41) is 1.50. The number of thiophene rings is 1. The summed E-state index contributed by atoms with van der Waals surface area (Å²) in [4.78, 5) is 16.0. The van der Waals surface area contributed by atoms with Crippen LogP contribution in [0.1, 0.15) is 10.4 Å². The van der Waals surface area contributed by atoms with Crippen LogP contribution in [0.15, 0.2) is 30.3 Å². The van der Waals surface area contributed by atoms with Crippen LogP contribution in [0.4, 0.5) is 11.5 Å². The zero-order chi connectivity index (χ0) is 16.7. The molecule has 3 heterocycles. The predicted molar refractivity (Wildman–Crippen MR) is 103 cm³/mol. The van der Waals surface area contributed by atoms with Crippen molar-refractivity contribution >= 4 is 44.7 Å². The molecule has 1 aromatic carbocycles.